The summed E-state index contributed by atoms with van der Waals surface area (Å²) in [4.78, 5) is 0. The number of hydrogen-bond donors (Lipinski definition) is 2. The van der Waals surface area contributed by atoms with Crippen molar-refractivity contribution in [2.75, 3.05) is 11.9 Å². The average molecular weight is 263 g/mol. The lowest BCUT2D eigenvalue weighted by atomic mass is 10.1. The van der Waals surface area contributed by atoms with Crippen molar-refractivity contribution >= 4 is 5.69 Å². The Kier molecular flexibility index (Phi) is 4.12. The normalized spacial score (nSPS) is 12.2. The molecular formula is C15H15F2NO. The molecular weight excluding hydrogens is 248 g/mol. The molecule has 0 aromatic heterocycles. The lowest BCUT2D eigenvalue weighted by molar-refractivity contribution is 0.276. The number of halogens is 2. The summed E-state index contributed by atoms with van der Waals surface area (Å²) >= 11 is 0. The van der Waals surface area contributed by atoms with Crippen LogP contribution in [0, 0.1) is 18.6 Å². The summed E-state index contributed by atoms with van der Waals surface area (Å²) in [5.41, 5.74) is 2.40. The average Bonchev–Trinajstić information content (AvgIpc) is 2.39. The predicted octanol–water partition coefficient (Wildman–Crippen LogP) is 3.42. The van der Waals surface area contributed by atoms with Crippen molar-refractivity contribution in [3.05, 3.63) is 65.2 Å². The number of nitrogens with one attached hydrogen (secondary N) is 1. The predicted molar refractivity (Wildman–Crippen MR) is 71.0 cm³/mol. The number of hydrogen-bond acceptors (Lipinski definition) is 2. The van der Waals surface area contributed by atoms with E-state index in [2.05, 4.69) is 5.32 Å². The van der Waals surface area contributed by atoms with Gasteiger partial charge in [0.05, 0.1) is 12.6 Å². The molecule has 1 unspecified atom stereocenters. The Morgan fingerprint density at radius 2 is 1.89 bits per heavy atom. The van der Waals surface area contributed by atoms with Gasteiger partial charge in [-0.15, -0.1) is 0 Å². The molecule has 4 heteroatoms. The number of aliphatic hydroxyl groups is 1. The molecule has 0 aliphatic rings. The molecule has 0 spiro atoms. The van der Waals surface area contributed by atoms with E-state index in [1.165, 1.54) is 6.07 Å². The lowest BCUT2D eigenvalue weighted by Crippen LogP contribution is -2.15. The molecule has 0 amide bonds. The molecule has 2 nitrogen and oxygen atoms in total. The first kappa shape index (κ1) is 13.5. The first-order valence-electron chi connectivity index (χ1n) is 5.99. The van der Waals surface area contributed by atoms with Gasteiger partial charge in [0.25, 0.3) is 0 Å². The zero-order valence-electron chi connectivity index (χ0n) is 10.5. The zero-order valence-corrected chi connectivity index (χ0v) is 10.5. The van der Waals surface area contributed by atoms with Crippen LogP contribution in [-0.2, 0) is 0 Å². The molecule has 2 aromatic carbocycles. The standard InChI is InChI=1S/C15H15F2NO/c1-10-3-2-4-12(7-10)18-15(9-19)11-5-6-13(16)14(17)8-11/h2-8,15,18-19H,9H2,1H3. The van der Waals surface area contributed by atoms with Crippen molar-refractivity contribution in [2.24, 2.45) is 0 Å². The van der Waals surface area contributed by atoms with Gasteiger partial charge >= 0.3 is 0 Å². The number of rotatable bonds is 4. The number of anilines is 1. The topological polar surface area (TPSA) is 32.3 Å². The van der Waals surface area contributed by atoms with Gasteiger partial charge in [-0.2, -0.15) is 0 Å². The second-order valence-electron chi connectivity index (χ2n) is 4.42. The summed E-state index contributed by atoms with van der Waals surface area (Å²) in [6, 6.07) is 10.8. The molecule has 100 valence electrons. The van der Waals surface area contributed by atoms with E-state index in [0.717, 1.165) is 23.4 Å². The second-order valence-corrected chi connectivity index (χ2v) is 4.42. The van der Waals surface area contributed by atoms with Gasteiger partial charge in [0, 0.05) is 5.69 Å². The van der Waals surface area contributed by atoms with Gasteiger partial charge < -0.3 is 10.4 Å². The zero-order chi connectivity index (χ0) is 13.8. The van der Waals surface area contributed by atoms with Crippen LogP contribution >= 0.6 is 0 Å². The van der Waals surface area contributed by atoms with Crippen molar-refractivity contribution in [2.45, 2.75) is 13.0 Å². The molecule has 0 aliphatic heterocycles. The van der Waals surface area contributed by atoms with Crippen molar-refractivity contribution in [3.8, 4) is 0 Å². The van der Waals surface area contributed by atoms with Crippen LogP contribution in [0.5, 0.6) is 0 Å². The van der Waals surface area contributed by atoms with Crippen molar-refractivity contribution in [3.63, 3.8) is 0 Å². The largest absolute Gasteiger partial charge is 0.394 e. The van der Waals surface area contributed by atoms with Gasteiger partial charge in [-0.05, 0) is 42.3 Å². The van der Waals surface area contributed by atoms with Crippen LogP contribution in [0.25, 0.3) is 0 Å². The van der Waals surface area contributed by atoms with Crippen molar-refractivity contribution in [1.82, 2.24) is 0 Å². The van der Waals surface area contributed by atoms with E-state index in [1.807, 2.05) is 31.2 Å². The van der Waals surface area contributed by atoms with E-state index in [4.69, 9.17) is 0 Å². The summed E-state index contributed by atoms with van der Waals surface area (Å²) in [5, 5.41) is 12.5. The minimum Gasteiger partial charge on any atom is -0.394 e. The fourth-order valence-corrected chi connectivity index (χ4v) is 1.90. The highest BCUT2D eigenvalue weighted by Crippen LogP contribution is 2.21. The van der Waals surface area contributed by atoms with E-state index in [9.17, 15) is 13.9 Å². The molecule has 0 aliphatic carbocycles. The fourth-order valence-electron chi connectivity index (χ4n) is 1.90. The van der Waals surface area contributed by atoms with Crippen molar-refractivity contribution < 1.29 is 13.9 Å². The smallest absolute Gasteiger partial charge is 0.159 e. The minimum absolute atomic E-state index is 0.209. The maximum Gasteiger partial charge on any atom is 0.159 e. The van der Waals surface area contributed by atoms with Crippen LogP contribution in [0.4, 0.5) is 14.5 Å². The van der Waals surface area contributed by atoms with Crippen LogP contribution in [-0.4, -0.2) is 11.7 Å². The van der Waals surface area contributed by atoms with Crippen LogP contribution in [0.2, 0.25) is 0 Å². The Morgan fingerprint density at radius 3 is 2.53 bits per heavy atom. The summed E-state index contributed by atoms with van der Waals surface area (Å²) in [6.07, 6.45) is 0. The molecule has 1 atom stereocenters. The fraction of sp³-hybridized carbons (Fsp3) is 0.200. The van der Waals surface area contributed by atoms with Gasteiger partial charge in [-0.25, -0.2) is 8.78 Å². The third-order valence-corrected chi connectivity index (χ3v) is 2.89. The molecule has 0 radical (unpaired) electrons. The molecule has 2 aromatic rings. The maximum absolute atomic E-state index is 13.2. The van der Waals surface area contributed by atoms with E-state index in [-0.39, 0.29) is 6.61 Å². The van der Waals surface area contributed by atoms with Gasteiger partial charge in [0.1, 0.15) is 0 Å². The molecule has 0 saturated heterocycles. The highest BCUT2D eigenvalue weighted by atomic mass is 19.2. The van der Waals surface area contributed by atoms with Crippen LogP contribution < -0.4 is 5.32 Å². The van der Waals surface area contributed by atoms with Gasteiger partial charge in [-0.1, -0.05) is 18.2 Å². The molecule has 0 bridgehead atoms. The quantitative estimate of drug-likeness (QED) is 0.886. The Morgan fingerprint density at radius 1 is 1.11 bits per heavy atom. The lowest BCUT2D eigenvalue weighted by Gasteiger charge is -2.18. The van der Waals surface area contributed by atoms with Crippen molar-refractivity contribution in [1.29, 1.82) is 0 Å². The summed E-state index contributed by atoms with van der Waals surface area (Å²) in [6.45, 7) is 1.75. The van der Waals surface area contributed by atoms with E-state index >= 15 is 0 Å². The summed E-state index contributed by atoms with van der Waals surface area (Å²) in [7, 11) is 0. The van der Waals surface area contributed by atoms with Gasteiger partial charge in [0.2, 0.25) is 0 Å². The minimum atomic E-state index is -0.915. The van der Waals surface area contributed by atoms with Crippen LogP contribution in [0.3, 0.4) is 0 Å². The molecule has 2 N–H and O–H groups in total. The first-order chi connectivity index (χ1) is 9.10. The third kappa shape index (κ3) is 3.29. The Hall–Kier alpha value is -1.94. The number of aliphatic hydroxyl groups excluding tert-OH is 1. The first-order valence-corrected chi connectivity index (χ1v) is 5.99. The Balaban J connectivity index is 2.22. The third-order valence-electron chi connectivity index (χ3n) is 2.89. The molecule has 0 saturated carbocycles. The highest BCUT2D eigenvalue weighted by Gasteiger charge is 2.12. The van der Waals surface area contributed by atoms with Gasteiger partial charge in [-0.3, -0.25) is 0 Å². The van der Waals surface area contributed by atoms with Crippen LogP contribution in [0.15, 0.2) is 42.5 Å². The molecule has 2 rings (SSSR count). The second kappa shape index (κ2) is 5.80. The maximum atomic E-state index is 13.2. The van der Waals surface area contributed by atoms with Gasteiger partial charge in [0.15, 0.2) is 11.6 Å². The number of aryl methyl sites for hydroxylation is 1. The monoisotopic (exact) mass is 263 g/mol. The van der Waals surface area contributed by atoms with E-state index in [0.29, 0.717) is 5.56 Å². The molecule has 0 fully saturated rings. The summed E-state index contributed by atoms with van der Waals surface area (Å²) < 4.78 is 26.1. The SMILES string of the molecule is Cc1cccc(NC(CO)c2ccc(F)c(F)c2)c1. The Bertz CT molecular complexity index is 572. The summed E-state index contributed by atoms with van der Waals surface area (Å²) in [5.74, 6) is -1.81. The number of benzene rings is 2. The van der Waals surface area contributed by atoms with Crippen LogP contribution in [0.1, 0.15) is 17.2 Å². The van der Waals surface area contributed by atoms with E-state index in [1.54, 1.807) is 0 Å². The highest BCUT2D eigenvalue weighted by molar-refractivity contribution is 5.47. The molecule has 19 heavy (non-hydrogen) atoms. The Labute approximate surface area is 110 Å². The van der Waals surface area contributed by atoms with E-state index < -0.39 is 17.7 Å². The molecule has 0 heterocycles.